The van der Waals surface area contributed by atoms with Crippen molar-refractivity contribution in [3.05, 3.63) is 101 Å². The zero-order chi connectivity index (χ0) is 19.8. The molecule has 5 nitrogen and oxygen atoms in total. The van der Waals surface area contributed by atoms with Crippen LogP contribution in [0, 0.1) is 0 Å². The van der Waals surface area contributed by atoms with Gasteiger partial charge in [-0.15, -0.1) is 0 Å². The molecule has 2 amide bonds. The Morgan fingerprint density at radius 2 is 1.59 bits per heavy atom. The van der Waals surface area contributed by atoms with E-state index in [2.05, 4.69) is 15.6 Å². The van der Waals surface area contributed by atoms with Crippen LogP contribution in [0.1, 0.15) is 23.0 Å². The average molecular weight is 401 g/mol. The first kappa shape index (κ1) is 17.5. The molecular weight excluding hydrogens is 384 g/mol. The Kier molecular flexibility index (Phi) is 4.30. The van der Waals surface area contributed by atoms with Gasteiger partial charge in [0.1, 0.15) is 5.82 Å². The van der Waals surface area contributed by atoms with E-state index in [4.69, 9.17) is 16.6 Å². The van der Waals surface area contributed by atoms with Crippen molar-refractivity contribution in [2.75, 3.05) is 0 Å². The number of para-hydroxylation sites is 2. The largest absolute Gasteiger partial charge is 0.338 e. The van der Waals surface area contributed by atoms with Crippen molar-refractivity contribution >= 4 is 39.9 Å². The fourth-order valence-electron chi connectivity index (χ4n) is 3.64. The number of hydrogen-bond donors (Lipinski definition) is 3. The van der Waals surface area contributed by atoms with Gasteiger partial charge >= 0.3 is 6.03 Å². The normalized spacial score (nSPS) is 16.6. The number of rotatable bonds is 3. The molecule has 29 heavy (non-hydrogen) atoms. The molecule has 1 aliphatic rings. The Balaban J connectivity index is 1.76. The minimum absolute atomic E-state index is 0.260. The fraction of sp³-hybridized carbons (Fsp3) is 0.0435. The maximum Gasteiger partial charge on any atom is 0.320 e. The molecule has 5 rings (SSSR count). The highest BCUT2D eigenvalue weighted by atomic mass is 35.5. The molecule has 0 fully saturated rings. The van der Waals surface area contributed by atoms with E-state index in [0.29, 0.717) is 10.8 Å². The summed E-state index contributed by atoms with van der Waals surface area (Å²) in [6, 6.07) is 24.5. The van der Waals surface area contributed by atoms with Crippen molar-refractivity contribution in [1.29, 1.82) is 0 Å². The predicted molar refractivity (Wildman–Crippen MR) is 115 cm³/mol. The molecule has 6 heteroatoms. The molecular formula is C23H17ClN4O. The lowest BCUT2D eigenvalue weighted by Crippen LogP contribution is -2.43. The first-order valence-corrected chi connectivity index (χ1v) is 9.64. The lowest BCUT2D eigenvalue weighted by molar-refractivity contribution is 0.242. The monoisotopic (exact) mass is 400 g/mol. The number of amides is 2. The number of aromatic nitrogens is 2. The van der Waals surface area contributed by atoms with E-state index in [9.17, 15) is 4.79 Å². The van der Waals surface area contributed by atoms with Gasteiger partial charge in [-0.2, -0.15) is 0 Å². The molecule has 1 aromatic heterocycles. The maximum atomic E-state index is 12.5. The molecule has 2 heterocycles. The second kappa shape index (κ2) is 7.11. The number of halogens is 1. The standard InChI is InChI=1S/C23H17ClN4O/c24-16-12-10-15(11-13-16)21-19(22-25-17-8-4-5-9-18(17)26-22)20(27-23(29)28-21)14-6-2-1-3-7-14/h1-13,21H,(H,25,26)(H2,27,28,29)/t21-/m0/s1. The van der Waals surface area contributed by atoms with Gasteiger partial charge in [-0.3, -0.25) is 0 Å². The highest BCUT2D eigenvalue weighted by Gasteiger charge is 2.31. The molecule has 1 aliphatic heterocycles. The van der Waals surface area contributed by atoms with Gasteiger partial charge in [0.25, 0.3) is 0 Å². The topological polar surface area (TPSA) is 69.8 Å². The van der Waals surface area contributed by atoms with Gasteiger partial charge in [0.2, 0.25) is 0 Å². The Morgan fingerprint density at radius 3 is 2.34 bits per heavy atom. The summed E-state index contributed by atoms with van der Waals surface area (Å²) in [4.78, 5) is 20.7. The Morgan fingerprint density at radius 1 is 0.862 bits per heavy atom. The predicted octanol–water partition coefficient (Wildman–Crippen LogP) is 5.14. The van der Waals surface area contributed by atoms with Crippen LogP contribution in [0.2, 0.25) is 5.02 Å². The third kappa shape index (κ3) is 3.26. The molecule has 142 valence electrons. The van der Waals surface area contributed by atoms with Crippen LogP contribution >= 0.6 is 11.6 Å². The van der Waals surface area contributed by atoms with Crippen LogP contribution in [0.5, 0.6) is 0 Å². The van der Waals surface area contributed by atoms with Gasteiger partial charge in [-0.05, 0) is 35.4 Å². The number of imidazole rings is 1. The van der Waals surface area contributed by atoms with Crippen molar-refractivity contribution in [3.8, 4) is 0 Å². The number of hydrogen-bond acceptors (Lipinski definition) is 2. The number of benzene rings is 3. The molecule has 4 aromatic rings. The number of urea groups is 1. The van der Waals surface area contributed by atoms with Gasteiger partial charge < -0.3 is 15.6 Å². The van der Waals surface area contributed by atoms with Crippen LogP contribution in [0.3, 0.4) is 0 Å². The second-order valence-electron chi connectivity index (χ2n) is 6.84. The first-order valence-electron chi connectivity index (χ1n) is 9.27. The van der Waals surface area contributed by atoms with E-state index in [1.807, 2.05) is 78.9 Å². The molecule has 1 atom stereocenters. The van der Waals surface area contributed by atoms with Crippen molar-refractivity contribution in [2.45, 2.75) is 6.04 Å². The van der Waals surface area contributed by atoms with Crippen LogP contribution in [0.4, 0.5) is 4.79 Å². The van der Waals surface area contributed by atoms with Gasteiger partial charge in [0.15, 0.2) is 0 Å². The van der Waals surface area contributed by atoms with E-state index in [1.54, 1.807) is 0 Å². The summed E-state index contributed by atoms with van der Waals surface area (Å²) in [5, 5.41) is 6.66. The molecule has 3 N–H and O–H groups in total. The summed E-state index contributed by atoms with van der Waals surface area (Å²) < 4.78 is 0. The van der Waals surface area contributed by atoms with E-state index < -0.39 is 0 Å². The summed E-state index contributed by atoms with van der Waals surface area (Å²) in [5.74, 6) is 0.706. The molecule has 0 spiro atoms. The third-order valence-corrected chi connectivity index (χ3v) is 5.23. The van der Waals surface area contributed by atoms with Crippen LogP contribution in [0.25, 0.3) is 22.3 Å². The number of aromatic amines is 1. The number of H-pyrrole nitrogens is 1. The molecule has 0 saturated heterocycles. The highest BCUT2D eigenvalue weighted by molar-refractivity contribution is 6.30. The van der Waals surface area contributed by atoms with Crippen LogP contribution in [-0.2, 0) is 0 Å². The number of nitrogens with one attached hydrogen (secondary N) is 3. The Labute approximate surface area is 172 Å². The van der Waals surface area contributed by atoms with Gasteiger partial charge in [0.05, 0.1) is 22.8 Å². The second-order valence-corrected chi connectivity index (χ2v) is 7.28. The average Bonchev–Trinajstić information content (AvgIpc) is 3.18. The van der Waals surface area contributed by atoms with Crippen LogP contribution in [0.15, 0.2) is 78.9 Å². The van der Waals surface area contributed by atoms with E-state index in [0.717, 1.165) is 33.4 Å². The van der Waals surface area contributed by atoms with Crippen LogP contribution in [-0.4, -0.2) is 16.0 Å². The minimum atomic E-state index is -0.378. The molecule has 0 saturated carbocycles. The van der Waals surface area contributed by atoms with Crippen molar-refractivity contribution in [2.24, 2.45) is 0 Å². The van der Waals surface area contributed by atoms with E-state index >= 15 is 0 Å². The summed E-state index contributed by atoms with van der Waals surface area (Å²) in [6.45, 7) is 0. The van der Waals surface area contributed by atoms with Gasteiger partial charge in [0, 0.05) is 10.6 Å². The minimum Gasteiger partial charge on any atom is -0.338 e. The molecule has 0 unspecified atom stereocenters. The smallest absolute Gasteiger partial charge is 0.320 e. The highest BCUT2D eigenvalue weighted by Crippen LogP contribution is 2.37. The molecule has 0 bridgehead atoms. The van der Waals surface area contributed by atoms with E-state index in [1.165, 1.54) is 0 Å². The SMILES string of the molecule is O=C1NC(c2ccccc2)=C(c2nc3ccccc3[nH]2)[C@H](c2ccc(Cl)cc2)N1. The Bertz CT molecular complexity index is 1200. The molecule has 0 aliphatic carbocycles. The number of fused-ring (bicyclic) bond motifs is 1. The Hall–Kier alpha value is -3.57. The van der Waals surface area contributed by atoms with Crippen molar-refractivity contribution in [1.82, 2.24) is 20.6 Å². The van der Waals surface area contributed by atoms with Crippen molar-refractivity contribution < 1.29 is 4.79 Å². The first-order chi connectivity index (χ1) is 14.2. The molecule has 3 aromatic carbocycles. The number of carbonyl (C=O) groups excluding carboxylic acids is 1. The van der Waals surface area contributed by atoms with E-state index in [-0.39, 0.29) is 12.1 Å². The lowest BCUT2D eigenvalue weighted by Gasteiger charge is -2.30. The fourth-order valence-corrected chi connectivity index (χ4v) is 3.76. The number of carbonyl (C=O) groups is 1. The van der Waals surface area contributed by atoms with Gasteiger partial charge in [-0.25, -0.2) is 9.78 Å². The maximum absolute atomic E-state index is 12.5. The van der Waals surface area contributed by atoms with Crippen LogP contribution < -0.4 is 10.6 Å². The summed E-state index contributed by atoms with van der Waals surface area (Å²) >= 11 is 6.08. The van der Waals surface area contributed by atoms with Gasteiger partial charge in [-0.1, -0.05) is 66.2 Å². The third-order valence-electron chi connectivity index (χ3n) is 4.98. The summed E-state index contributed by atoms with van der Waals surface area (Å²) in [7, 11) is 0. The van der Waals surface area contributed by atoms with Crippen molar-refractivity contribution in [3.63, 3.8) is 0 Å². The lowest BCUT2D eigenvalue weighted by atomic mass is 9.92. The zero-order valence-corrected chi connectivity index (χ0v) is 16.1. The quantitative estimate of drug-likeness (QED) is 0.445. The molecule has 0 radical (unpaired) electrons. The summed E-state index contributed by atoms with van der Waals surface area (Å²) in [5.41, 5.74) is 5.25. The summed E-state index contributed by atoms with van der Waals surface area (Å²) in [6.07, 6.45) is 0. The number of nitrogens with zero attached hydrogens (tertiary/aromatic N) is 1. The zero-order valence-electron chi connectivity index (χ0n) is 15.3.